The second-order valence-electron chi connectivity index (χ2n) is 7.86. The molecule has 0 saturated carbocycles. The summed E-state index contributed by atoms with van der Waals surface area (Å²) < 4.78 is 5.38. The van der Waals surface area contributed by atoms with Crippen LogP contribution >= 0.6 is 23.2 Å². The summed E-state index contributed by atoms with van der Waals surface area (Å²) in [5, 5.41) is 12.1. The fourth-order valence-electron chi connectivity index (χ4n) is 4.15. The van der Waals surface area contributed by atoms with Crippen LogP contribution in [-0.2, 0) is 14.3 Å². The number of hydrogen-bond donors (Lipinski definition) is 1. The zero-order chi connectivity index (χ0) is 22.7. The van der Waals surface area contributed by atoms with E-state index in [9.17, 15) is 14.7 Å². The van der Waals surface area contributed by atoms with E-state index in [4.69, 9.17) is 27.9 Å². The third-order valence-corrected chi connectivity index (χ3v) is 6.32. The highest BCUT2D eigenvalue weighted by molar-refractivity contribution is 6.46. The van der Waals surface area contributed by atoms with E-state index in [1.54, 1.807) is 53.4 Å². The number of carbonyl (C=O) groups is 2. The molecule has 1 amide bonds. The first-order valence-electron chi connectivity index (χ1n) is 10.6. The highest BCUT2D eigenvalue weighted by Gasteiger charge is 2.45. The molecule has 32 heavy (non-hydrogen) atoms. The smallest absolute Gasteiger partial charge is 0.295 e. The molecule has 2 aromatic carbocycles. The Kier molecular flexibility index (Phi) is 7.16. The monoisotopic (exact) mass is 474 g/mol. The maximum absolute atomic E-state index is 13.0. The second kappa shape index (κ2) is 10.0. The van der Waals surface area contributed by atoms with Crippen LogP contribution in [0, 0.1) is 0 Å². The minimum absolute atomic E-state index is 0.0750. The van der Waals surface area contributed by atoms with Crippen molar-refractivity contribution >= 4 is 40.7 Å². The lowest BCUT2D eigenvalue weighted by Crippen LogP contribution is -2.38. The van der Waals surface area contributed by atoms with Gasteiger partial charge >= 0.3 is 0 Å². The number of amides is 1. The van der Waals surface area contributed by atoms with Gasteiger partial charge in [0.15, 0.2) is 0 Å². The molecule has 168 valence electrons. The van der Waals surface area contributed by atoms with Crippen LogP contribution in [0.15, 0.2) is 54.1 Å². The van der Waals surface area contributed by atoms with E-state index in [-0.39, 0.29) is 11.3 Å². The van der Waals surface area contributed by atoms with Gasteiger partial charge in [0.2, 0.25) is 0 Å². The van der Waals surface area contributed by atoms with E-state index in [1.807, 2.05) is 0 Å². The lowest BCUT2D eigenvalue weighted by molar-refractivity contribution is -0.140. The van der Waals surface area contributed by atoms with Gasteiger partial charge in [-0.1, -0.05) is 35.3 Å². The van der Waals surface area contributed by atoms with Crippen LogP contribution in [0.2, 0.25) is 10.0 Å². The molecule has 2 saturated heterocycles. The van der Waals surface area contributed by atoms with Crippen LogP contribution in [0.4, 0.5) is 0 Å². The van der Waals surface area contributed by atoms with Crippen LogP contribution in [-0.4, -0.2) is 66.0 Å². The first-order chi connectivity index (χ1) is 15.5. The number of carbonyl (C=O) groups excluding carboxylic acids is 2. The number of ether oxygens (including phenoxy) is 1. The predicted molar refractivity (Wildman–Crippen MR) is 124 cm³/mol. The Balaban J connectivity index is 1.66. The van der Waals surface area contributed by atoms with Crippen LogP contribution < -0.4 is 0 Å². The molecular weight excluding hydrogens is 451 g/mol. The number of aliphatic hydroxyl groups is 1. The number of morpholine rings is 1. The van der Waals surface area contributed by atoms with E-state index in [1.165, 1.54) is 0 Å². The van der Waals surface area contributed by atoms with Gasteiger partial charge in [-0.05, 0) is 48.4 Å². The first kappa shape index (κ1) is 22.8. The molecule has 8 heteroatoms. The molecule has 2 aliphatic rings. The Morgan fingerprint density at radius 2 is 1.53 bits per heavy atom. The maximum atomic E-state index is 13.0. The summed E-state index contributed by atoms with van der Waals surface area (Å²) in [5.41, 5.74) is 1.22. The van der Waals surface area contributed by atoms with Gasteiger partial charge in [-0.15, -0.1) is 0 Å². The lowest BCUT2D eigenvalue weighted by atomic mass is 9.95. The average Bonchev–Trinajstić information content (AvgIpc) is 3.05. The number of nitrogens with zero attached hydrogens (tertiary/aromatic N) is 2. The molecule has 0 spiro atoms. The number of halogens is 2. The summed E-state index contributed by atoms with van der Waals surface area (Å²) in [4.78, 5) is 29.8. The molecule has 2 aliphatic heterocycles. The number of benzene rings is 2. The maximum Gasteiger partial charge on any atom is 0.295 e. The topological polar surface area (TPSA) is 70.1 Å². The molecule has 0 radical (unpaired) electrons. The minimum atomic E-state index is -0.691. The number of rotatable bonds is 6. The van der Waals surface area contributed by atoms with E-state index in [2.05, 4.69) is 4.90 Å². The summed E-state index contributed by atoms with van der Waals surface area (Å²) in [6.45, 7) is 4.32. The summed E-state index contributed by atoms with van der Waals surface area (Å²) in [6, 6.07) is 12.8. The molecule has 1 N–H and O–H groups in total. The largest absolute Gasteiger partial charge is 0.507 e. The summed E-state index contributed by atoms with van der Waals surface area (Å²) in [7, 11) is 0. The van der Waals surface area contributed by atoms with Gasteiger partial charge in [-0.2, -0.15) is 0 Å². The van der Waals surface area contributed by atoms with E-state index >= 15 is 0 Å². The highest BCUT2D eigenvalue weighted by Crippen LogP contribution is 2.39. The molecule has 6 nitrogen and oxygen atoms in total. The van der Waals surface area contributed by atoms with Crippen LogP contribution in [0.3, 0.4) is 0 Å². The van der Waals surface area contributed by atoms with E-state index < -0.39 is 17.7 Å². The standard InChI is InChI=1S/C24H24Cl2N2O4/c25-18-6-2-16(3-7-18)21-20(22(29)17-4-8-19(26)9-5-17)23(30)24(31)28(21)11-1-10-27-12-14-32-15-13-27/h2-9,21,29H,1,10-15H2/t21-/m0/s1. The number of aliphatic hydroxyl groups excluding tert-OH is 1. The van der Waals surface area contributed by atoms with Gasteiger partial charge in [0.05, 0.1) is 24.8 Å². The van der Waals surface area contributed by atoms with Crippen LogP contribution in [0.1, 0.15) is 23.6 Å². The third-order valence-electron chi connectivity index (χ3n) is 5.82. The SMILES string of the molecule is O=C1C(=O)N(CCCN2CCOCC2)[C@@H](c2ccc(Cl)cc2)C1=C(O)c1ccc(Cl)cc1. The molecule has 0 unspecified atom stereocenters. The van der Waals surface area contributed by atoms with Crippen molar-refractivity contribution in [2.45, 2.75) is 12.5 Å². The molecule has 2 aromatic rings. The Hall–Kier alpha value is -2.38. The number of hydrogen-bond acceptors (Lipinski definition) is 5. The minimum Gasteiger partial charge on any atom is -0.507 e. The van der Waals surface area contributed by atoms with Crippen molar-refractivity contribution in [3.63, 3.8) is 0 Å². The molecule has 0 bridgehead atoms. The zero-order valence-corrected chi connectivity index (χ0v) is 19.0. The Bertz CT molecular complexity index is 1020. The van der Waals surface area contributed by atoms with Crippen LogP contribution in [0.25, 0.3) is 5.76 Å². The van der Waals surface area contributed by atoms with Gasteiger partial charge < -0.3 is 14.7 Å². The van der Waals surface area contributed by atoms with E-state index in [0.29, 0.717) is 41.8 Å². The normalized spacial score (nSPS) is 21.3. The molecule has 2 fully saturated rings. The molecular formula is C24H24Cl2N2O4. The van der Waals surface area contributed by atoms with Crippen molar-refractivity contribution in [2.75, 3.05) is 39.4 Å². The lowest BCUT2D eigenvalue weighted by Gasteiger charge is -2.29. The molecule has 4 rings (SSSR count). The summed E-state index contributed by atoms with van der Waals surface area (Å²) in [6.07, 6.45) is 0.706. The van der Waals surface area contributed by atoms with Crippen molar-refractivity contribution in [1.82, 2.24) is 9.80 Å². The number of likely N-dealkylation sites (tertiary alicyclic amines) is 1. The summed E-state index contributed by atoms with van der Waals surface area (Å²) >= 11 is 12.0. The summed E-state index contributed by atoms with van der Waals surface area (Å²) in [5.74, 6) is -1.51. The number of Topliss-reactive ketones (excluding diaryl/α,β-unsaturated/α-hetero) is 1. The highest BCUT2D eigenvalue weighted by atomic mass is 35.5. The Morgan fingerprint density at radius 1 is 0.938 bits per heavy atom. The predicted octanol–water partition coefficient (Wildman–Crippen LogP) is 4.14. The van der Waals surface area contributed by atoms with Gasteiger partial charge in [0, 0.05) is 41.8 Å². The van der Waals surface area contributed by atoms with Gasteiger partial charge in [0.1, 0.15) is 5.76 Å². The van der Waals surface area contributed by atoms with Gasteiger partial charge in [-0.3, -0.25) is 14.5 Å². The Labute approximate surface area is 197 Å². The molecule has 0 aromatic heterocycles. The fourth-order valence-corrected chi connectivity index (χ4v) is 4.41. The molecule has 1 atom stereocenters. The van der Waals surface area contributed by atoms with Crippen molar-refractivity contribution in [3.8, 4) is 0 Å². The van der Waals surface area contributed by atoms with Crippen molar-refractivity contribution in [3.05, 3.63) is 75.3 Å². The Morgan fingerprint density at radius 3 is 2.16 bits per heavy atom. The van der Waals surface area contributed by atoms with Gasteiger partial charge in [-0.25, -0.2) is 0 Å². The zero-order valence-electron chi connectivity index (χ0n) is 17.5. The van der Waals surface area contributed by atoms with Crippen molar-refractivity contribution < 1.29 is 19.4 Å². The van der Waals surface area contributed by atoms with Gasteiger partial charge in [0.25, 0.3) is 11.7 Å². The molecule has 2 heterocycles. The molecule has 0 aliphatic carbocycles. The fraction of sp³-hybridized carbons (Fsp3) is 0.333. The van der Waals surface area contributed by atoms with E-state index in [0.717, 1.165) is 25.2 Å². The van der Waals surface area contributed by atoms with Crippen LogP contribution in [0.5, 0.6) is 0 Å². The average molecular weight is 475 g/mol. The first-order valence-corrected chi connectivity index (χ1v) is 11.3. The van der Waals surface area contributed by atoms with Crippen molar-refractivity contribution in [1.29, 1.82) is 0 Å². The third kappa shape index (κ3) is 4.84. The second-order valence-corrected chi connectivity index (χ2v) is 8.73. The van der Waals surface area contributed by atoms with Crippen molar-refractivity contribution in [2.24, 2.45) is 0 Å². The quantitative estimate of drug-likeness (QED) is 0.387. The number of ketones is 1.